The number of anilines is 1. The summed E-state index contributed by atoms with van der Waals surface area (Å²) in [6, 6.07) is 13.3. The highest BCUT2D eigenvalue weighted by molar-refractivity contribution is 6.06. The Balaban J connectivity index is 1.58. The van der Waals surface area contributed by atoms with Crippen molar-refractivity contribution >= 4 is 28.5 Å². The number of rotatable bonds is 5. The molecule has 0 bridgehead atoms. The topological polar surface area (TPSA) is 105 Å². The summed E-state index contributed by atoms with van der Waals surface area (Å²) >= 11 is 0. The fraction of sp³-hybridized carbons (Fsp3) is 0.250. The van der Waals surface area contributed by atoms with Crippen molar-refractivity contribution in [3.8, 4) is 11.4 Å². The van der Waals surface area contributed by atoms with Crippen LogP contribution >= 0.6 is 0 Å². The SMILES string of the molecule is COCC(=O)Nc1cc(C(=O)N2CCc3[nH]ncc3C2)cc2nc(-c3ccccc3)n(C)c12. The molecule has 0 saturated carbocycles. The second-order valence-corrected chi connectivity index (χ2v) is 8.08. The number of nitrogens with zero attached hydrogens (tertiary/aromatic N) is 4. The van der Waals surface area contributed by atoms with Crippen LogP contribution in [-0.4, -0.2) is 56.7 Å². The van der Waals surface area contributed by atoms with Crippen LogP contribution < -0.4 is 5.32 Å². The van der Waals surface area contributed by atoms with Gasteiger partial charge in [-0.15, -0.1) is 0 Å². The first kappa shape index (κ1) is 20.9. The number of nitrogens with one attached hydrogen (secondary N) is 2. The molecule has 2 N–H and O–H groups in total. The first-order chi connectivity index (χ1) is 16.0. The summed E-state index contributed by atoms with van der Waals surface area (Å²) in [5.41, 5.74) is 5.41. The normalized spacial score (nSPS) is 13.2. The summed E-state index contributed by atoms with van der Waals surface area (Å²) in [7, 11) is 3.36. The number of ether oxygens (including phenoxy) is 1. The lowest BCUT2D eigenvalue weighted by Gasteiger charge is -2.26. The number of amides is 2. The number of hydrogen-bond acceptors (Lipinski definition) is 5. The highest BCUT2D eigenvalue weighted by atomic mass is 16.5. The second kappa shape index (κ2) is 8.51. The molecule has 0 atom stereocenters. The van der Waals surface area contributed by atoms with Crippen LogP contribution in [0.2, 0.25) is 0 Å². The van der Waals surface area contributed by atoms with Gasteiger partial charge in [0.25, 0.3) is 5.91 Å². The molecule has 0 radical (unpaired) electrons. The molecule has 0 spiro atoms. The maximum absolute atomic E-state index is 13.4. The van der Waals surface area contributed by atoms with Crippen molar-refractivity contribution < 1.29 is 14.3 Å². The number of fused-ring (bicyclic) bond motifs is 2. The number of imidazole rings is 1. The number of aryl methyl sites for hydroxylation is 1. The molecule has 1 aliphatic rings. The average Bonchev–Trinajstić information content (AvgIpc) is 3.43. The monoisotopic (exact) mass is 444 g/mol. The number of aromatic nitrogens is 4. The van der Waals surface area contributed by atoms with Gasteiger partial charge in [-0.05, 0) is 12.1 Å². The van der Waals surface area contributed by atoms with E-state index in [9.17, 15) is 9.59 Å². The highest BCUT2D eigenvalue weighted by Crippen LogP contribution is 2.31. The highest BCUT2D eigenvalue weighted by Gasteiger charge is 2.25. The summed E-state index contributed by atoms with van der Waals surface area (Å²) < 4.78 is 6.90. The van der Waals surface area contributed by atoms with Crippen molar-refractivity contribution in [1.29, 1.82) is 0 Å². The van der Waals surface area contributed by atoms with Gasteiger partial charge in [-0.3, -0.25) is 14.7 Å². The van der Waals surface area contributed by atoms with Crippen molar-refractivity contribution in [2.75, 3.05) is 25.6 Å². The minimum Gasteiger partial charge on any atom is -0.375 e. The summed E-state index contributed by atoms with van der Waals surface area (Å²) in [5, 5.41) is 9.96. The van der Waals surface area contributed by atoms with Crippen LogP contribution in [0, 0.1) is 0 Å². The van der Waals surface area contributed by atoms with Gasteiger partial charge in [-0.1, -0.05) is 30.3 Å². The molecule has 33 heavy (non-hydrogen) atoms. The molecule has 168 valence electrons. The van der Waals surface area contributed by atoms with E-state index in [-0.39, 0.29) is 18.4 Å². The van der Waals surface area contributed by atoms with Crippen molar-refractivity contribution in [3.05, 3.63) is 65.5 Å². The van der Waals surface area contributed by atoms with E-state index >= 15 is 0 Å². The van der Waals surface area contributed by atoms with Gasteiger partial charge in [0.05, 0.1) is 22.9 Å². The standard InChI is InChI=1S/C24H24N6O3/c1-29-22-19(26-21(31)14-33-2)10-16(11-20(22)27-23(29)15-6-4-3-5-7-15)24(32)30-9-8-18-17(13-30)12-25-28-18/h3-7,10-12H,8-9,13-14H2,1-2H3,(H,25,28)(H,26,31). The van der Waals surface area contributed by atoms with Gasteiger partial charge in [-0.2, -0.15) is 5.10 Å². The van der Waals surface area contributed by atoms with Gasteiger partial charge < -0.3 is 19.5 Å². The van der Waals surface area contributed by atoms with Gasteiger partial charge in [-0.25, -0.2) is 4.98 Å². The zero-order valence-corrected chi connectivity index (χ0v) is 18.5. The fourth-order valence-corrected chi connectivity index (χ4v) is 4.31. The maximum atomic E-state index is 13.4. The summed E-state index contributed by atoms with van der Waals surface area (Å²) in [6.07, 6.45) is 2.49. The quantitative estimate of drug-likeness (QED) is 0.493. The molecule has 0 aliphatic carbocycles. The molecule has 2 aromatic heterocycles. The van der Waals surface area contributed by atoms with Crippen molar-refractivity contribution in [2.24, 2.45) is 7.05 Å². The predicted octanol–water partition coefficient (Wildman–Crippen LogP) is 2.75. The smallest absolute Gasteiger partial charge is 0.254 e. The third kappa shape index (κ3) is 3.87. The molecule has 0 fully saturated rings. The van der Waals surface area contributed by atoms with Gasteiger partial charge >= 0.3 is 0 Å². The van der Waals surface area contributed by atoms with E-state index in [0.29, 0.717) is 29.9 Å². The van der Waals surface area contributed by atoms with Crippen LogP contribution in [0.3, 0.4) is 0 Å². The zero-order valence-electron chi connectivity index (χ0n) is 18.5. The van der Waals surface area contributed by atoms with Crippen molar-refractivity contribution in [2.45, 2.75) is 13.0 Å². The number of benzene rings is 2. The Morgan fingerprint density at radius 3 is 2.82 bits per heavy atom. The number of H-pyrrole nitrogens is 1. The lowest BCUT2D eigenvalue weighted by molar-refractivity contribution is -0.119. The molecule has 3 heterocycles. The lowest BCUT2D eigenvalue weighted by atomic mass is 10.1. The molecular weight excluding hydrogens is 420 g/mol. The fourth-order valence-electron chi connectivity index (χ4n) is 4.31. The molecule has 0 unspecified atom stereocenters. The average molecular weight is 444 g/mol. The predicted molar refractivity (Wildman–Crippen MR) is 124 cm³/mol. The minimum absolute atomic E-state index is 0.0849. The van der Waals surface area contributed by atoms with Gasteiger partial charge in [0.2, 0.25) is 5.91 Å². The van der Waals surface area contributed by atoms with Crippen LogP contribution in [0.1, 0.15) is 21.6 Å². The summed E-state index contributed by atoms with van der Waals surface area (Å²) in [4.78, 5) is 32.4. The molecule has 2 amide bonds. The van der Waals surface area contributed by atoms with E-state index < -0.39 is 0 Å². The molecule has 4 aromatic rings. The first-order valence-corrected chi connectivity index (χ1v) is 10.7. The van der Waals surface area contributed by atoms with Gasteiger partial charge in [0.1, 0.15) is 12.4 Å². The van der Waals surface area contributed by atoms with Crippen molar-refractivity contribution in [3.63, 3.8) is 0 Å². The molecular formula is C24H24N6O3. The largest absolute Gasteiger partial charge is 0.375 e. The van der Waals surface area contributed by atoms with Crippen LogP contribution in [0.4, 0.5) is 5.69 Å². The van der Waals surface area contributed by atoms with E-state index in [1.165, 1.54) is 7.11 Å². The van der Waals surface area contributed by atoms with E-state index in [0.717, 1.165) is 34.6 Å². The molecule has 0 saturated heterocycles. The van der Waals surface area contributed by atoms with Crippen LogP contribution in [0.15, 0.2) is 48.7 Å². The Kier molecular flexibility index (Phi) is 5.39. The Morgan fingerprint density at radius 2 is 2.03 bits per heavy atom. The van der Waals surface area contributed by atoms with Crippen molar-refractivity contribution in [1.82, 2.24) is 24.6 Å². The number of aromatic amines is 1. The Bertz CT molecular complexity index is 1340. The summed E-state index contributed by atoms with van der Waals surface area (Å²) in [6.45, 7) is 0.999. The number of methoxy groups -OCH3 is 1. The second-order valence-electron chi connectivity index (χ2n) is 8.08. The summed E-state index contributed by atoms with van der Waals surface area (Å²) in [5.74, 6) is 0.336. The Labute approximate surface area is 190 Å². The molecule has 9 nitrogen and oxygen atoms in total. The van der Waals surface area contributed by atoms with Crippen LogP contribution in [0.25, 0.3) is 22.4 Å². The Hall–Kier alpha value is -3.98. The third-order valence-electron chi connectivity index (χ3n) is 5.89. The lowest BCUT2D eigenvalue weighted by Crippen LogP contribution is -2.35. The number of carbonyl (C=O) groups is 2. The maximum Gasteiger partial charge on any atom is 0.254 e. The zero-order chi connectivity index (χ0) is 22.9. The first-order valence-electron chi connectivity index (χ1n) is 10.7. The minimum atomic E-state index is -0.299. The van der Waals surface area contributed by atoms with Crippen LogP contribution in [-0.2, 0) is 29.5 Å². The third-order valence-corrected chi connectivity index (χ3v) is 5.89. The van der Waals surface area contributed by atoms with Gasteiger partial charge in [0.15, 0.2) is 0 Å². The Morgan fingerprint density at radius 1 is 1.21 bits per heavy atom. The number of hydrogen-bond donors (Lipinski definition) is 2. The van der Waals surface area contributed by atoms with E-state index in [1.807, 2.05) is 41.9 Å². The molecule has 5 rings (SSSR count). The molecule has 1 aliphatic heterocycles. The van der Waals surface area contributed by atoms with Crippen LogP contribution in [0.5, 0.6) is 0 Å². The molecule has 2 aromatic carbocycles. The van der Waals surface area contributed by atoms with Gasteiger partial charge in [0, 0.05) is 56.1 Å². The number of carbonyl (C=O) groups excluding carboxylic acids is 2. The molecule has 9 heteroatoms. The van der Waals surface area contributed by atoms with E-state index in [2.05, 4.69) is 15.5 Å². The van der Waals surface area contributed by atoms with E-state index in [4.69, 9.17) is 9.72 Å². The van der Waals surface area contributed by atoms with E-state index in [1.54, 1.807) is 23.2 Å².